The molecular formula is C20H23ClN2O3S2. The number of nitrogens with one attached hydrogen (secondary N) is 2. The molecule has 0 bridgehead atoms. The molecule has 0 aliphatic heterocycles. The molecule has 3 rings (SSSR count). The van der Waals surface area contributed by atoms with E-state index in [0.717, 1.165) is 11.0 Å². The Morgan fingerprint density at radius 2 is 1.82 bits per heavy atom. The van der Waals surface area contributed by atoms with Crippen LogP contribution in [-0.2, 0) is 10.0 Å². The van der Waals surface area contributed by atoms with Gasteiger partial charge < -0.3 is 5.32 Å². The van der Waals surface area contributed by atoms with Crippen LogP contribution in [-0.4, -0.2) is 31.9 Å². The molecule has 2 aromatic carbocycles. The lowest BCUT2D eigenvalue weighted by Crippen LogP contribution is -2.26. The van der Waals surface area contributed by atoms with Crippen molar-refractivity contribution in [2.24, 2.45) is 0 Å². The Labute approximate surface area is 175 Å². The van der Waals surface area contributed by atoms with Crippen LogP contribution in [0.4, 0.5) is 5.69 Å². The zero-order chi connectivity index (χ0) is 20.0. The minimum absolute atomic E-state index is 0.160. The number of sulfonamides is 1. The summed E-state index contributed by atoms with van der Waals surface area (Å²) in [6.45, 7) is 0.582. The second-order valence-electron chi connectivity index (χ2n) is 6.65. The number of hydrogen-bond donors (Lipinski definition) is 2. The number of anilines is 1. The monoisotopic (exact) mass is 438 g/mol. The van der Waals surface area contributed by atoms with Gasteiger partial charge in [0.2, 0.25) is 0 Å². The lowest BCUT2D eigenvalue weighted by molar-refractivity contribution is 0.0956. The van der Waals surface area contributed by atoms with Crippen LogP contribution in [0.25, 0.3) is 0 Å². The van der Waals surface area contributed by atoms with Crippen LogP contribution < -0.4 is 10.0 Å². The summed E-state index contributed by atoms with van der Waals surface area (Å²) in [6.07, 6.45) is 5.15. The lowest BCUT2D eigenvalue weighted by atomic mass is 10.2. The third-order valence-corrected chi connectivity index (χ3v) is 7.66. The van der Waals surface area contributed by atoms with E-state index in [1.807, 2.05) is 11.8 Å². The normalized spacial score (nSPS) is 14.8. The summed E-state index contributed by atoms with van der Waals surface area (Å²) < 4.78 is 27.2. The average Bonchev–Trinajstić information content (AvgIpc) is 3.19. The smallest absolute Gasteiger partial charge is 0.261 e. The van der Waals surface area contributed by atoms with Crippen molar-refractivity contribution in [3.63, 3.8) is 0 Å². The summed E-state index contributed by atoms with van der Waals surface area (Å²) in [6, 6.07) is 12.6. The Balaban J connectivity index is 1.56. The van der Waals surface area contributed by atoms with Crippen molar-refractivity contribution in [2.45, 2.75) is 35.8 Å². The fraction of sp³-hybridized carbons (Fsp3) is 0.350. The van der Waals surface area contributed by atoms with Gasteiger partial charge in [-0.3, -0.25) is 9.52 Å². The topological polar surface area (TPSA) is 75.3 Å². The number of amides is 1. The van der Waals surface area contributed by atoms with Crippen LogP contribution in [0.15, 0.2) is 53.4 Å². The average molecular weight is 439 g/mol. The first kappa shape index (κ1) is 21.0. The van der Waals surface area contributed by atoms with E-state index < -0.39 is 10.0 Å². The van der Waals surface area contributed by atoms with Crippen molar-refractivity contribution in [1.29, 1.82) is 0 Å². The second-order valence-corrected chi connectivity index (χ2v) is 10.1. The molecule has 1 fully saturated rings. The first-order chi connectivity index (χ1) is 13.5. The van der Waals surface area contributed by atoms with Crippen molar-refractivity contribution >= 4 is 45.0 Å². The van der Waals surface area contributed by atoms with E-state index in [2.05, 4.69) is 10.0 Å². The maximum atomic E-state index is 12.4. The Morgan fingerprint density at radius 1 is 1.11 bits per heavy atom. The molecule has 0 atom stereocenters. The Bertz CT molecular complexity index is 914. The number of rotatable bonds is 8. The summed E-state index contributed by atoms with van der Waals surface area (Å²) >= 11 is 8.12. The quantitative estimate of drug-likeness (QED) is 0.593. The van der Waals surface area contributed by atoms with Crippen LogP contribution in [0.3, 0.4) is 0 Å². The van der Waals surface area contributed by atoms with Crippen molar-refractivity contribution in [1.82, 2.24) is 5.32 Å². The first-order valence-electron chi connectivity index (χ1n) is 9.23. The molecule has 150 valence electrons. The number of hydrogen-bond acceptors (Lipinski definition) is 4. The molecule has 8 heteroatoms. The molecule has 0 radical (unpaired) electrons. The highest BCUT2D eigenvalue weighted by molar-refractivity contribution is 7.99. The molecule has 0 spiro atoms. The highest BCUT2D eigenvalue weighted by atomic mass is 35.5. The third-order valence-electron chi connectivity index (χ3n) is 4.56. The molecule has 0 saturated heterocycles. The number of halogens is 1. The molecule has 28 heavy (non-hydrogen) atoms. The molecule has 0 unspecified atom stereocenters. The minimum Gasteiger partial charge on any atom is -0.351 e. The summed E-state index contributed by atoms with van der Waals surface area (Å²) in [7, 11) is -3.70. The van der Waals surface area contributed by atoms with Crippen LogP contribution in [0, 0.1) is 0 Å². The highest BCUT2D eigenvalue weighted by Crippen LogP contribution is 2.29. The van der Waals surface area contributed by atoms with Gasteiger partial charge in [0.05, 0.1) is 21.2 Å². The van der Waals surface area contributed by atoms with Gasteiger partial charge in [-0.1, -0.05) is 42.6 Å². The second kappa shape index (κ2) is 9.67. The SMILES string of the molecule is O=C(NCCSC1CCCC1)c1ccc(NS(=O)(=O)c2ccccc2)cc1Cl. The number of carbonyl (C=O) groups is 1. The van der Waals surface area contributed by atoms with Gasteiger partial charge in [0.1, 0.15) is 0 Å². The summed E-state index contributed by atoms with van der Waals surface area (Å²) in [5.74, 6) is 0.623. The molecule has 1 saturated carbocycles. The van der Waals surface area contributed by atoms with Gasteiger partial charge in [0, 0.05) is 17.5 Å². The van der Waals surface area contributed by atoms with Gasteiger partial charge in [-0.05, 0) is 43.2 Å². The van der Waals surface area contributed by atoms with E-state index in [1.165, 1.54) is 56.0 Å². The molecule has 5 nitrogen and oxygen atoms in total. The zero-order valence-electron chi connectivity index (χ0n) is 15.4. The van der Waals surface area contributed by atoms with E-state index in [-0.39, 0.29) is 15.8 Å². The van der Waals surface area contributed by atoms with Gasteiger partial charge in [-0.25, -0.2) is 8.42 Å². The predicted octanol–water partition coefficient (Wildman–Crippen LogP) is 4.55. The number of carbonyl (C=O) groups excluding carboxylic acids is 1. The van der Waals surface area contributed by atoms with Crippen molar-refractivity contribution in [2.75, 3.05) is 17.0 Å². The predicted molar refractivity (Wildman–Crippen MR) is 116 cm³/mol. The van der Waals surface area contributed by atoms with Crippen LogP contribution in [0.5, 0.6) is 0 Å². The molecule has 1 amide bonds. The summed E-state index contributed by atoms with van der Waals surface area (Å²) in [5.41, 5.74) is 0.636. The third kappa shape index (κ3) is 5.65. The molecule has 0 heterocycles. The molecule has 0 aromatic heterocycles. The highest BCUT2D eigenvalue weighted by Gasteiger charge is 2.17. The van der Waals surface area contributed by atoms with Crippen LogP contribution in [0.1, 0.15) is 36.0 Å². The maximum Gasteiger partial charge on any atom is 0.261 e. The van der Waals surface area contributed by atoms with E-state index in [0.29, 0.717) is 17.8 Å². The van der Waals surface area contributed by atoms with E-state index in [4.69, 9.17) is 11.6 Å². The summed E-state index contributed by atoms with van der Waals surface area (Å²) in [4.78, 5) is 12.5. The van der Waals surface area contributed by atoms with E-state index >= 15 is 0 Å². The lowest BCUT2D eigenvalue weighted by Gasteiger charge is -2.12. The van der Waals surface area contributed by atoms with Gasteiger partial charge in [-0.15, -0.1) is 0 Å². The van der Waals surface area contributed by atoms with Crippen molar-refractivity contribution in [3.05, 3.63) is 59.1 Å². The zero-order valence-corrected chi connectivity index (χ0v) is 17.7. The van der Waals surface area contributed by atoms with Gasteiger partial charge in [0.15, 0.2) is 0 Å². The van der Waals surface area contributed by atoms with Crippen molar-refractivity contribution < 1.29 is 13.2 Å². The Morgan fingerprint density at radius 3 is 2.50 bits per heavy atom. The van der Waals surface area contributed by atoms with Gasteiger partial charge >= 0.3 is 0 Å². The van der Waals surface area contributed by atoms with Gasteiger partial charge in [0.25, 0.3) is 15.9 Å². The molecular weight excluding hydrogens is 416 g/mol. The van der Waals surface area contributed by atoms with E-state index in [1.54, 1.807) is 18.2 Å². The molecule has 1 aliphatic carbocycles. The standard InChI is InChI=1S/C20H23ClN2O3S2/c21-19-14-15(23-28(25,26)17-8-2-1-3-9-17)10-11-18(19)20(24)22-12-13-27-16-6-4-5-7-16/h1-3,8-11,14,16,23H,4-7,12-13H2,(H,22,24). The Hall–Kier alpha value is -1.70. The first-order valence-corrected chi connectivity index (χ1v) is 12.1. The fourth-order valence-corrected chi connectivity index (χ4v) is 5.67. The molecule has 2 aromatic rings. The van der Waals surface area contributed by atoms with Crippen LogP contribution in [0.2, 0.25) is 5.02 Å². The van der Waals surface area contributed by atoms with Crippen LogP contribution >= 0.6 is 23.4 Å². The number of benzene rings is 2. The van der Waals surface area contributed by atoms with E-state index in [9.17, 15) is 13.2 Å². The van der Waals surface area contributed by atoms with Crippen molar-refractivity contribution in [3.8, 4) is 0 Å². The Kier molecular flexibility index (Phi) is 7.26. The maximum absolute atomic E-state index is 12.4. The fourth-order valence-electron chi connectivity index (χ4n) is 3.12. The molecule has 1 aliphatic rings. The van der Waals surface area contributed by atoms with Gasteiger partial charge in [-0.2, -0.15) is 11.8 Å². The number of thioether (sulfide) groups is 1. The summed E-state index contributed by atoms with van der Waals surface area (Å²) in [5, 5.41) is 3.80. The molecule has 2 N–H and O–H groups in total. The largest absolute Gasteiger partial charge is 0.351 e. The minimum atomic E-state index is -3.70.